The zero-order valence-corrected chi connectivity index (χ0v) is 10.2. The molecule has 4 nitrogen and oxygen atoms in total. The van der Waals surface area contributed by atoms with Crippen molar-refractivity contribution in [3.8, 4) is 5.88 Å². The number of hydrogen-bond donors (Lipinski definition) is 1. The van der Waals surface area contributed by atoms with Crippen LogP contribution in [0.3, 0.4) is 0 Å². The highest BCUT2D eigenvalue weighted by Crippen LogP contribution is 2.31. The summed E-state index contributed by atoms with van der Waals surface area (Å²) in [7, 11) is 1.63. The van der Waals surface area contributed by atoms with Crippen LogP contribution in [0.15, 0.2) is 6.07 Å². The fraction of sp³-hybridized carbons (Fsp3) is 0.667. The molecule has 1 aromatic heterocycles. The van der Waals surface area contributed by atoms with Gasteiger partial charge in [0.2, 0.25) is 11.8 Å². The van der Waals surface area contributed by atoms with Crippen LogP contribution >= 0.6 is 0 Å². The Balaban J connectivity index is 2.17. The highest BCUT2D eigenvalue weighted by molar-refractivity contribution is 5.34. The van der Waals surface area contributed by atoms with Crippen molar-refractivity contribution in [2.75, 3.05) is 12.4 Å². The number of nitrogens with zero attached hydrogens (tertiary/aromatic N) is 2. The van der Waals surface area contributed by atoms with Gasteiger partial charge in [-0.05, 0) is 26.7 Å². The normalized spacial score (nSPS) is 18.4. The van der Waals surface area contributed by atoms with Gasteiger partial charge in [-0.2, -0.15) is 4.98 Å². The first kappa shape index (κ1) is 11.2. The standard InChI is InChI=1S/C12H19N3O/c1-9-8-10(16-3)14-11(13-9)15-12(2)6-4-5-7-12/h8H,4-7H2,1-3H3,(H,13,14,15). The first-order valence-corrected chi connectivity index (χ1v) is 5.79. The number of rotatable bonds is 3. The molecule has 0 radical (unpaired) electrons. The first-order chi connectivity index (χ1) is 7.61. The minimum atomic E-state index is 0.152. The molecule has 4 heteroatoms. The summed E-state index contributed by atoms with van der Waals surface area (Å²) in [5.41, 5.74) is 1.08. The highest BCUT2D eigenvalue weighted by Gasteiger charge is 2.29. The number of nitrogens with one attached hydrogen (secondary N) is 1. The van der Waals surface area contributed by atoms with Crippen LogP contribution in [-0.2, 0) is 0 Å². The minimum absolute atomic E-state index is 0.152. The number of hydrogen-bond acceptors (Lipinski definition) is 4. The van der Waals surface area contributed by atoms with Gasteiger partial charge in [0.15, 0.2) is 0 Å². The topological polar surface area (TPSA) is 47.0 Å². The second-order valence-electron chi connectivity index (χ2n) is 4.77. The lowest BCUT2D eigenvalue weighted by Crippen LogP contribution is -2.31. The Labute approximate surface area is 96.4 Å². The summed E-state index contributed by atoms with van der Waals surface area (Å²) < 4.78 is 5.14. The van der Waals surface area contributed by atoms with Gasteiger partial charge in [-0.25, -0.2) is 4.98 Å². The lowest BCUT2D eigenvalue weighted by molar-refractivity contribution is 0.396. The van der Waals surface area contributed by atoms with Gasteiger partial charge in [0, 0.05) is 17.3 Å². The molecule has 1 saturated carbocycles. The van der Waals surface area contributed by atoms with Crippen LogP contribution in [0.2, 0.25) is 0 Å². The van der Waals surface area contributed by atoms with E-state index in [1.54, 1.807) is 7.11 Å². The smallest absolute Gasteiger partial charge is 0.226 e. The zero-order valence-electron chi connectivity index (χ0n) is 10.2. The maximum atomic E-state index is 5.14. The predicted molar refractivity (Wildman–Crippen MR) is 63.8 cm³/mol. The van der Waals surface area contributed by atoms with Gasteiger partial charge in [-0.3, -0.25) is 0 Å². The molecule has 0 amide bonds. The van der Waals surface area contributed by atoms with E-state index < -0.39 is 0 Å². The summed E-state index contributed by atoms with van der Waals surface area (Å²) in [4.78, 5) is 8.70. The highest BCUT2D eigenvalue weighted by atomic mass is 16.5. The molecule has 0 bridgehead atoms. The lowest BCUT2D eigenvalue weighted by Gasteiger charge is -2.25. The average Bonchev–Trinajstić information content (AvgIpc) is 2.63. The molecule has 88 valence electrons. The molecule has 1 aliphatic carbocycles. The molecule has 1 fully saturated rings. The van der Waals surface area contributed by atoms with E-state index in [0.29, 0.717) is 11.8 Å². The van der Waals surface area contributed by atoms with Crippen LogP contribution in [0, 0.1) is 6.92 Å². The molecule has 1 heterocycles. The molecule has 0 unspecified atom stereocenters. The van der Waals surface area contributed by atoms with Crippen LogP contribution in [0.5, 0.6) is 5.88 Å². The Morgan fingerprint density at radius 3 is 2.62 bits per heavy atom. The van der Waals surface area contributed by atoms with E-state index in [9.17, 15) is 0 Å². The monoisotopic (exact) mass is 221 g/mol. The summed E-state index contributed by atoms with van der Waals surface area (Å²) in [6.45, 7) is 4.19. The van der Waals surface area contributed by atoms with Crippen molar-refractivity contribution < 1.29 is 4.74 Å². The van der Waals surface area contributed by atoms with Gasteiger partial charge >= 0.3 is 0 Å². The Bertz CT molecular complexity index is 373. The second-order valence-corrected chi connectivity index (χ2v) is 4.77. The van der Waals surface area contributed by atoms with Gasteiger partial charge < -0.3 is 10.1 Å². The van der Waals surface area contributed by atoms with Crippen LogP contribution in [0.1, 0.15) is 38.3 Å². The van der Waals surface area contributed by atoms with E-state index in [2.05, 4.69) is 22.2 Å². The van der Waals surface area contributed by atoms with Crippen LogP contribution < -0.4 is 10.1 Å². The average molecular weight is 221 g/mol. The SMILES string of the molecule is COc1cc(C)nc(NC2(C)CCCC2)n1. The van der Waals surface area contributed by atoms with Crippen LogP contribution in [0.4, 0.5) is 5.95 Å². The summed E-state index contributed by atoms with van der Waals surface area (Å²) in [6, 6.07) is 1.84. The van der Waals surface area contributed by atoms with Gasteiger partial charge in [0.1, 0.15) is 0 Å². The summed E-state index contributed by atoms with van der Waals surface area (Å²) >= 11 is 0. The maximum absolute atomic E-state index is 5.14. The third kappa shape index (κ3) is 2.43. The van der Waals surface area contributed by atoms with Crippen molar-refractivity contribution >= 4 is 5.95 Å². The fourth-order valence-electron chi connectivity index (χ4n) is 2.25. The number of aromatic nitrogens is 2. The van der Waals surface area contributed by atoms with E-state index in [-0.39, 0.29) is 5.54 Å². The van der Waals surface area contributed by atoms with Gasteiger partial charge in [-0.15, -0.1) is 0 Å². The van der Waals surface area contributed by atoms with Crippen LogP contribution in [-0.4, -0.2) is 22.6 Å². The minimum Gasteiger partial charge on any atom is -0.481 e. The molecule has 0 atom stereocenters. The second kappa shape index (κ2) is 4.28. The summed E-state index contributed by atoms with van der Waals surface area (Å²) in [5, 5.41) is 3.43. The first-order valence-electron chi connectivity index (χ1n) is 5.79. The fourth-order valence-corrected chi connectivity index (χ4v) is 2.25. The van der Waals surface area contributed by atoms with Gasteiger partial charge in [0.05, 0.1) is 7.11 Å². The van der Waals surface area contributed by atoms with E-state index in [1.165, 1.54) is 25.7 Å². The number of methoxy groups -OCH3 is 1. The van der Waals surface area contributed by atoms with Gasteiger partial charge in [0.25, 0.3) is 0 Å². The van der Waals surface area contributed by atoms with Crippen molar-refractivity contribution in [2.45, 2.75) is 45.1 Å². The van der Waals surface area contributed by atoms with Crippen LogP contribution in [0.25, 0.3) is 0 Å². The largest absolute Gasteiger partial charge is 0.481 e. The maximum Gasteiger partial charge on any atom is 0.226 e. The van der Waals surface area contributed by atoms with Crippen molar-refractivity contribution in [1.82, 2.24) is 9.97 Å². The third-order valence-electron chi connectivity index (χ3n) is 3.16. The molecule has 2 rings (SSSR count). The molecule has 0 saturated heterocycles. The summed E-state index contributed by atoms with van der Waals surface area (Å²) in [5.74, 6) is 1.30. The molecule has 0 spiro atoms. The van der Waals surface area contributed by atoms with Crippen molar-refractivity contribution in [3.05, 3.63) is 11.8 Å². The third-order valence-corrected chi connectivity index (χ3v) is 3.16. The molecule has 1 aromatic rings. The molecule has 0 aromatic carbocycles. The van der Waals surface area contributed by atoms with E-state index in [1.807, 2.05) is 13.0 Å². The zero-order chi connectivity index (χ0) is 11.6. The Morgan fingerprint density at radius 1 is 1.31 bits per heavy atom. The van der Waals surface area contributed by atoms with E-state index in [4.69, 9.17) is 4.74 Å². The number of anilines is 1. The molecule has 0 aliphatic heterocycles. The van der Waals surface area contributed by atoms with Crippen molar-refractivity contribution in [1.29, 1.82) is 0 Å². The Morgan fingerprint density at radius 2 is 2.00 bits per heavy atom. The molecular formula is C12H19N3O. The van der Waals surface area contributed by atoms with Crippen molar-refractivity contribution in [2.24, 2.45) is 0 Å². The summed E-state index contributed by atoms with van der Waals surface area (Å²) in [6.07, 6.45) is 4.94. The Hall–Kier alpha value is -1.32. The Kier molecular flexibility index (Phi) is 2.99. The van der Waals surface area contributed by atoms with E-state index in [0.717, 1.165) is 5.69 Å². The number of aryl methyl sites for hydroxylation is 1. The van der Waals surface area contributed by atoms with Gasteiger partial charge in [-0.1, -0.05) is 12.8 Å². The number of ether oxygens (including phenoxy) is 1. The quantitative estimate of drug-likeness (QED) is 0.852. The molecule has 1 N–H and O–H groups in total. The molecular weight excluding hydrogens is 202 g/mol. The van der Waals surface area contributed by atoms with Crippen molar-refractivity contribution in [3.63, 3.8) is 0 Å². The lowest BCUT2D eigenvalue weighted by atomic mass is 10.0. The molecule has 1 aliphatic rings. The predicted octanol–water partition coefficient (Wildman–Crippen LogP) is 2.54. The van der Waals surface area contributed by atoms with E-state index >= 15 is 0 Å². The molecule has 16 heavy (non-hydrogen) atoms.